The summed E-state index contributed by atoms with van der Waals surface area (Å²) in [7, 11) is 0. The second-order valence-electron chi connectivity index (χ2n) is 2.08. The van der Waals surface area contributed by atoms with Crippen LogP contribution in [0.2, 0.25) is 0 Å². The van der Waals surface area contributed by atoms with Crippen molar-refractivity contribution in [3.8, 4) is 5.75 Å². The minimum atomic E-state index is -1.19. The van der Waals surface area contributed by atoms with E-state index in [-0.39, 0.29) is 114 Å². The van der Waals surface area contributed by atoms with E-state index in [0.29, 0.717) is 5.69 Å². The maximum absolute atomic E-state index is 10.4. The fourth-order valence-corrected chi connectivity index (χ4v) is 0.725. The van der Waals surface area contributed by atoms with Crippen LogP contribution in [-0.2, 0) is 0 Å². The van der Waals surface area contributed by atoms with Gasteiger partial charge in [0.1, 0.15) is 11.3 Å². The first-order chi connectivity index (χ1) is 5.11. The molecule has 0 amide bonds. The average molecular weight is 233 g/mol. The standard InChI is InChI=1S/C7H7NO3.2K.2H/c8-4-1-2-6(9)5(3-4)7(10)11;;;;/h1-3,9H,8H2,(H,10,11);;;;. The van der Waals surface area contributed by atoms with Crippen LogP contribution in [-0.4, -0.2) is 119 Å². The zero-order chi connectivity index (χ0) is 8.43. The van der Waals surface area contributed by atoms with Crippen molar-refractivity contribution in [2.24, 2.45) is 0 Å². The van der Waals surface area contributed by atoms with E-state index in [9.17, 15) is 4.79 Å². The molecular weight excluding hydrogens is 224 g/mol. The van der Waals surface area contributed by atoms with Crippen molar-refractivity contribution in [3.63, 3.8) is 0 Å². The number of nitrogen functional groups attached to an aromatic ring is 1. The number of aromatic hydroxyl groups is 1. The summed E-state index contributed by atoms with van der Waals surface area (Å²) in [5.41, 5.74) is 5.43. The second kappa shape index (κ2) is 7.80. The molecule has 0 saturated heterocycles. The van der Waals surface area contributed by atoms with E-state index in [2.05, 4.69) is 0 Å². The summed E-state index contributed by atoms with van der Waals surface area (Å²) in [5.74, 6) is -1.46. The Kier molecular flexibility index (Phi) is 10.2. The minimum absolute atomic E-state index is 0. The SMILES string of the molecule is Nc1ccc(O)c(C(=O)O)c1.[KH].[KH]. The molecule has 0 aliphatic heterocycles. The van der Waals surface area contributed by atoms with Crippen LogP contribution in [0.25, 0.3) is 0 Å². The van der Waals surface area contributed by atoms with Crippen LogP contribution in [0.5, 0.6) is 5.75 Å². The number of rotatable bonds is 1. The Bertz CT molecular complexity index is 304. The predicted molar refractivity (Wildman–Crippen MR) is 53.8 cm³/mol. The Morgan fingerprint density at radius 3 is 2.23 bits per heavy atom. The number of anilines is 1. The van der Waals surface area contributed by atoms with Gasteiger partial charge in [0, 0.05) is 5.69 Å². The van der Waals surface area contributed by atoms with Gasteiger partial charge in [-0.05, 0) is 18.2 Å². The van der Waals surface area contributed by atoms with Crippen molar-refractivity contribution in [1.82, 2.24) is 0 Å². The number of nitrogens with two attached hydrogens (primary N) is 1. The third-order valence-electron chi connectivity index (χ3n) is 1.25. The van der Waals surface area contributed by atoms with Gasteiger partial charge in [0.15, 0.2) is 0 Å². The Labute approximate surface area is 161 Å². The second-order valence-corrected chi connectivity index (χ2v) is 2.08. The summed E-state index contributed by atoms with van der Waals surface area (Å²) in [6.45, 7) is 0. The van der Waals surface area contributed by atoms with Gasteiger partial charge in [0.2, 0.25) is 0 Å². The van der Waals surface area contributed by atoms with Gasteiger partial charge in [0.05, 0.1) is 0 Å². The zero-order valence-electron chi connectivity index (χ0n) is 5.61. The molecule has 1 aromatic carbocycles. The van der Waals surface area contributed by atoms with Gasteiger partial charge in [-0.2, -0.15) is 0 Å². The fourth-order valence-electron chi connectivity index (χ4n) is 0.725. The van der Waals surface area contributed by atoms with Crippen molar-refractivity contribution in [1.29, 1.82) is 0 Å². The maximum atomic E-state index is 10.4. The molecule has 6 heteroatoms. The molecule has 1 aromatic rings. The monoisotopic (exact) mass is 233 g/mol. The van der Waals surface area contributed by atoms with Crippen molar-refractivity contribution in [2.75, 3.05) is 5.73 Å². The molecule has 0 bridgehead atoms. The van der Waals surface area contributed by atoms with E-state index in [1.54, 1.807) is 0 Å². The quantitative estimate of drug-likeness (QED) is 0.343. The molecule has 0 heterocycles. The number of aromatic carboxylic acids is 1. The molecule has 62 valence electrons. The van der Waals surface area contributed by atoms with Crippen LogP contribution in [0.1, 0.15) is 10.4 Å². The van der Waals surface area contributed by atoms with E-state index < -0.39 is 5.97 Å². The van der Waals surface area contributed by atoms with E-state index in [1.165, 1.54) is 18.2 Å². The molecule has 0 atom stereocenters. The molecule has 1 rings (SSSR count). The third-order valence-corrected chi connectivity index (χ3v) is 1.25. The molecule has 0 fully saturated rings. The molecule has 13 heavy (non-hydrogen) atoms. The van der Waals surface area contributed by atoms with Gasteiger partial charge in [-0.3, -0.25) is 0 Å². The molecule has 0 aliphatic rings. The van der Waals surface area contributed by atoms with Gasteiger partial charge >= 0.3 is 109 Å². The first-order valence-corrected chi connectivity index (χ1v) is 2.93. The average Bonchev–Trinajstić information content (AvgIpc) is 1.94. The fraction of sp³-hybridized carbons (Fsp3) is 0. The Morgan fingerprint density at radius 2 is 1.85 bits per heavy atom. The number of phenols is 1. The number of hydrogen-bond donors (Lipinski definition) is 3. The molecule has 0 spiro atoms. The van der Waals surface area contributed by atoms with Gasteiger partial charge in [-0.1, -0.05) is 0 Å². The molecule has 0 radical (unpaired) electrons. The summed E-state index contributed by atoms with van der Waals surface area (Å²) in [5, 5.41) is 17.4. The van der Waals surface area contributed by atoms with E-state index in [0.717, 1.165) is 0 Å². The number of benzene rings is 1. The van der Waals surface area contributed by atoms with Crippen LogP contribution in [0.3, 0.4) is 0 Å². The molecule has 0 saturated carbocycles. The number of hydrogen-bond acceptors (Lipinski definition) is 3. The third kappa shape index (κ3) is 5.26. The Balaban J connectivity index is 0. The zero-order valence-corrected chi connectivity index (χ0v) is 5.61. The van der Waals surface area contributed by atoms with E-state index >= 15 is 0 Å². The Hall–Kier alpha value is 1.56. The summed E-state index contributed by atoms with van der Waals surface area (Å²) in [6.07, 6.45) is 0. The van der Waals surface area contributed by atoms with Crippen LogP contribution in [0.4, 0.5) is 5.69 Å². The molecule has 4 N–H and O–H groups in total. The molecule has 0 aliphatic carbocycles. The summed E-state index contributed by atoms with van der Waals surface area (Å²) in [4.78, 5) is 10.4. The van der Waals surface area contributed by atoms with Crippen LogP contribution in [0.15, 0.2) is 18.2 Å². The molecule has 4 nitrogen and oxygen atoms in total. The van der Waals surface area contributed by atoms with Crippen molar-refractivity contribution in [3.05, 3.63) is 23.8 Å². The van der Waals surface area contributed by atoms with Gasteiger partial charge in [-0.15, -0.1) is 0 Å². The normalized spacial score (nSPS) is 8.00. The van der Waals surface area contributed by atoms with Crippen molar-refractivity contribution < 1.29 is 15.0 Å². The first-order valence-electron chi connectivity index (χ1n) is 2.93. The van der Waals surface area contributed by atoms with Crippen LogP contribution in [0, 0.1) is 0 Å². The number of carbonyl (C=O) groups is 1. The van der Waals surface area contributed by atoms with Crippen LogP contribution < -0.4 is 5.73 Å². The summed E-state index contributed by atoms with van der Waals surface area (Å²) >= 11 is 0. The van der Waals surface area contributed by atoms with Crippen molar-refractivity contribution >= 4 is 114 Å². The molecule has 0 unspecified atom stereocenters. The summed E-state index contributed by atoms with van der Waals surface area (Å²) in [6, 6.07) is 3.89. The molecular formula is C7H9K2NO3. The van der Waals surface area contributed by atoms with Crippen LogP contribution >= 0.6 is 0 Å². The van der Waals surface area contributed by atoms with E-state index in [1.807, 2.05) is 0 Å². The van der Waals surface area contributed by atoms with Gasteiger partial charge < -0.3 is 15.9 Å². The predicted octanol–water partition coefficient (Wildman–Crippen LogP) is -0.624. The number of carboxylic acids is 1. The topological polar surface area (TPSA) is 83.5 Å². The van der Waals surface area contributed by atoms with Crippen molar-refractivity contribution in [2.45, 2.75) is 0 Å². The summed E-state index contributed by atoms with van der Waals surface area (Å²) < 4.78 is 0. The first kappa shape index (κ1) is 17.0. The number of carboxylic acid groups (broad SMARTS) is 1. The van der Waals surface area contributed by atoms with Gasteiger partial charge in [-0.25, -0.2) is 4.79 Å². The van der Waals surface area contributed by atoms with Gasteiger partial charge in [0.25, 0.3) is 0 Å². The van der Waals surface area contributed by atoms with E-state index in [4.69, 9.17) is 15.9 Å². The molecule has 0 aromatic heterocycles. The Morgan fingerprint density at radius 1 is 1.31 bits per heavy atom.